The summed E-state index contributed by atoms with van der Waals surface area (Å²) in [6.07, 6.45) is 2.03. The molecule has 0 fully saturated rings. The monoisotopic (exact) mass is 255 g/mol. The number of carbonyl (C=O) groups excluding carboxylic acids is 1. The molecule has 94 valence electrons. The number of benzene rings is 1. The number of nitrogens with one attached hydrogen (secondary N) is 1. The molecule has 0 bridgehead atoms. The van der Waals surface area contributed by atoms with Gasteiger partial charge in [-0.05, 0) is 24.6 Å². The van der Waals surface area contributed by atoms with Gasteiger partial charge in [0.15, 0.2) is 0 Å². The van der Waals surface area contributed by atoms with Crippen LogP contribution in [0.1, 0.15) is 30.1 Å². The van der Waals surface area contributed by atoms with Crippen molar-refractivity contribution in [3.05, 3.63) is 28.8 Å². The van der Waals surface area contributed by atoms with Crippen LogP contribution in [0.15, 0.2) is 18.2 Å². The van der Waals surface area contributed by atoms with Crippen molar-refractivity contribution in [3.63, 3.8) is 0 Å². The molecule has 1 amide bonds. The van der Waals surface area contributed by atoms with Crippen LogP contribution in [0.5, 0.6) is 0 Å². The van der Waals surface area contributed by atoms with E-state index >= 15 is 0 Å². The summed E-state index contributed by atoms with van der Waals surface area (Å²) in [6, 6.07) is 5.02. The minimum atomic E-state index is -0.0751. The van der Waals surface area contributed by atoms with E-state index in [4.69, 9.17) is 17.4 Å². The highest BCUT2D eigenvalue weighted by atomic mass is 35.5. The molecule has 0 aliphatic rings. The fraction of sp³-hybridized carbons (Fsp3) is 0.417. The Labute approximate surface area is 107 Å². The normalized spacial score (nSPS) is 10.1. The molecule has 0 aliphatic carbocycles. The van der Waals surface area contributed by atoms with E-state index in [-0.39, 0.29) is 5.91 Å². The van der Waals surface area contributed by atoms with E-state index in [0.717, 1.165) is 19.4 Å². The molecule has 1 rings (SSSR count). The van der Waals surface area contributed by atoms with Crippen LogP contribution in [0.4, 0.5) is 5.69 Å². The third-order valence-electron chi connectivity index (χ3n) is 2.56. The van der Waals surface area contributed by atoms with Crippen molar-refractivity contribution in [3.8, 4) is 0 Å². The minimum absolute atomic E-state index is 0.0751. The van der Waals surface area contributed by atoms with Gasteiger partial charge in [0.25, 0.3) is 5.91 Å². The van der Waals surface area contributed by atoms with E-state index < -0.39 is 0 Å². The molecule has 0 aromatic heterocycles. The topological polar surface area (TPSA) is 58.4 Å². The fourth-order valence-electron chi connectivity index (χ4n) is 1.52. The van der Waals surface area contributed by atoms with E-state index in [1.807, 2.05) is 0 Å². The van der Waals surface area contributed by atoms with Crippen LogP contribution in [-0.2, 0) is 0 Å². The molecular weight excluding hydrogens is 238 g/mol. The number of unbranched alkanes of at least 4 members (excludes halogenated alkanes) is 1. The molecule has 5 heteroatoms. The van der Waals surface area contributed by atoms with Crippen molar-refractivity contribution >= 4 is 23.2 Å². The van der Waals surface area contributed by atoms with Crippen molar-refractivity contribution < 1.29 is 4.79 Å². The van der Waals surface area contributed by atoms with Crippen LogP contribution < -0.4 is 11.3 Å². The Morgan fingerprint density at radius 1 is 1.53 bits per heavy atom. The molecular formula is C12H18ClN3O. The highest BCUT2D eigenvalue weighted by Crippen LogP contribution is 2.21. The highest BCUT2D eigenvalue weighted by Gasteiger charge is 2.15. The second-order valence-corrected chi connectivity index (χ2v) is 4.35. The van der Waals surface area contributed by atoms with Crippen LogP contribution >= 0.6 is 11.6 Å². The van der Waals surface area contributed by atoms with Crippen LogP contribution in [-0.4, -0.2) is 24.4 Å². The van der Waals surface area contributed by atoms with E-state index in [9.17, 15) is 4.79 Å². The summed E-state index contributed by atoms with van der Waals surface area (Å²) in [5, 5.41) is 0.524. The fourth-order valence-corrected chi connectivity index (χ4v) is 1.69. The maximum Gasteiger partial charge on any atom is 0.255 e. The lowest BCUT2D eigenvalue weighted by molar-refractivity contribution is 0.0794. The smallest absolute Gasteiger partial charge is 0.255 e. The van der Waals surface area contributed by atoms with Gasteiger partial charge in [-0.15, -0.1) is 0 Å². The van der Waals surface area contributed by atoms with E-state index in [0.29, 0.717) is 16.3 Å². The van der Waals surface area contributed by atoms with Crippen LogP contribution in [0.2, 0.25) is 5.02 Å². The molecule has 0 atom stereocenters. The van der Waals surface area contributed by atoms with Crippen molar-refractivity contribution in [1.29, 1.82) is 0 Å². The number of halogens is 1. The summed E-state index contributed by atoms with van der Waals surface area (Å²) in [4.78, 5) is 13.8. The first-order chi connectivity index (χ1) is 8.10. The molecule has 0 spiro atoms. The Hall–Kier alpha value is -1.26. The predicted molar refractivity (Wildman–Crippen MR) is 71.1 cm³/mol. The standard InChI is InChI=1S/C12H18ClN3O/c1-3-4-7-16(2)12(17)10-8-9(13)5-6-11(10)15-14/h5-6,8,15H,3-4,7,14H2,1-2H3. The van der Waals surface area contributed by atoms with Crippen molar-refractivity contribution in [2.75, 3.05) is 19.0 Å². The number of anilines is 1. The first-order valence-electron chi connectivity index (χ1n) is 5.61. The highest BCUT2D eigenvalue weighted by molar-refractivity contribution is 6.31. The lowest BCUT2D eigenvalue weighted by Crippen LogP contribution is -2.28. The van der Waals surface area contributed by atoms with Crippen molar-refractivity contribution in [2.24, 2.45) is 5.84 Å². The van der Waals surface area contributed by atoms with Gasteiger partial charge in [0.2, 0.25) is 0 Å². The zero-order valence-electron chi connectivity index (χ0n) is 10.2. The van der Waals surface area contributed by atoms with Gasteiger partial charge < -0.3 is 10.3 Å². The molecule has 17 heavy (non-hydrogen) atoms. The molecule has 1 aromatic rings. The van der Waals surface area contributed by atoms with Crippen LogP contribution in [0, 0.1) is 0 Å². The van der Waals surface area contributed by atoms with E-state index in [1.165, 1.54) is 0 Å². The van der Waals surface area contributed by atoms with E-state index in [1.54, 1.807) is 30.1 Å². The number of hydrogen-bond donors (Lipinski definition) is 2. The SMILES string of the molecule is CCCCN(C)C(=O)c1cc(Cl)ccc1NN. The van der Waals surface area contributed by atoms with Crippen molar-refractivity contribution in [2.45, 2.75) is 19.8 Å². The Morgan fingerprint density at radius 2 is 2.24 bits per heavy atom. The maximum absolute atomic E-state index is 12.2. The third kappa shape index (κ3) is 3.61. The second kappa shape index (κ2) is 6.47. The van der Waals surface area contributed by atoms with Gasteiger partial charge in [-0.25, -0.2) is 0 Å². The van der Waals surface area contributed by atoms with Gasteiger partial charge in [0.1, 0.15) is 0 Å². The molecule has 0 unspecified atom stereocenters. The molecule has 0 heterocycles. The summed E-state index contributed by atoms with van der Waals surface area (Å²) in [5.41, 5.74) is 3.59. The second-order valence-electron chi connectivity index (χ2n) is 3.91. The summed E-state index contributed by atoms with van der Waals surface area (Å²) >= 11 is 5.89. The lowest BCUT2D eigenvalue weighted by Gasteiger charge is -2.18. The summed E-state index contributed by atoms with van der Waals surface area (Å²) < 4.78 is 0. The van der Waals surface area contributed by atoms with Crippen LogP contribution in [0.25, 0.3) is 0 Å². The molecule has 0 radical (unpaired) electrons. The number of hydrogen-bond acceptors (Lipinski definition) is 3. The quantitative estimate of drug-likeness (QED) is 0.628. The average Bonchev–Trinajstić information content (AvgIpc) is 2.34. The minimum Gasteiger partial charge on any atom is -0.342 e. The number of nitrogen functional groups attached to an aromatic ring is 1. The van der Waals surface area contributed by atoms with Gasteiger partial charge >= 0.3 is 0 Å². The zero-order chi connectivity index (χ0) is 12.8. The van der Waals surface area contributed by atoms with Gasteiger partial charge in [0.05, 0.1) is 11.3 Å². The summed E-state index contributed by atoms with van der Waals surface area (Å²) in [7, 11) is 1.78. The first kappa shape index (κ1) is 13.8. The van der Waals surface area contributed by atoms with Crippen LogP contribution in [0.3, 0.4) is 0 Å². The summed E-state index contributed by atoms with van der Waals surface area (Å²) in [6.45, 7) is 2.82. The van der Waals surface area contributed by atoms with Gasteiger partial charge in [-0.2, -0.15) is 0 Å². The Morgan fingerprint density at radius 3 is 2.82 bits per heavy atom. The number of rotatable bonds is 5. The van der Waals surface area contributed by atoms with Gasteiger partial charge in [-0.1, -0.05) is 24.9 Å². The molecule has 0 saturated carbocycles. The number of nitrogens with zero attached hydrogens (tertiary/aromatic N) is 1. The number of hydrazine groups is 1. The molecule has 3 N–H and O–H groups in total. The molecule has 4 nitrogen and oxygen atoms in total. The summed E-state index contributed by atoms with van der Waals surface area (Å²) in [5.74, 6) is 5.30. The zero-order valence-corrected chi connectivity index (χ0v) is 10.9. The Kier molecular flexibility index (Phi) is 5.25. The van der Waals surface area contributed by atoms with Crippen molar-refractivity contribution in [1.82, 2.24) is 4.90 Å². The predicted octanol–water partition coefficient (Wildman–Crippen LogP) is 2.50. The van der Waals surface area contributed by atoms with E-state index in [2.05, 4.69) is 12.3 Å². The molecule has 0 aliphatic heterocycles. The maximum atomic E-state index is 12.2. The molecule has 0 saturated heterocycles. The Balaban J connectivity index is 2.90. The van der Waals surface area contributed by atoms with Gasteiger partial charge in [0, 0.05) is 18.6 Å². The number of carbonyl (C=O) groups is 1. The molecule has 1 aromatic carbocycles. The average molecular weight is 256 g/mol. The lowest BCUT2D eigenvalue weighted by atomic mass is 10.1. The number of nitrogens with two attached hydrogens (primary N) is 1. The first-order valence-corrected chi connectivity index (χ1v) is 5.99. The third-order valence-corrected chi connectivity index (χ3v) is 2.80. The number of amides is 1. The van der Waals surface area contributed by atoms with Gasteiger partial charge in [-0.3, -0.25) is 10.6 Å². The Bertz CT molecular complexity index is 395. The largest absolute Gasteiger partial charge is 0.342 e.